The van der Waals surface area contributed by atoms with Gasteiger partial charge in [-0.25, -0.2) is 0 Å². The van der Waals surface area contributed by atoms with Gasteiger partial charge in [-0.2, -0.15) is 0 Å². The molecule has 0 radical (unpaired) electrons. The molecular weight excluding hydrogens is 202 g/mol. The van der Waals surface area contributed by atoms with Crippen LogP contribution < -0.4 is 5.32 Å². The number of nitrogens with zero attached hydrogens (tertiary/aromatic N) is 2. The molecule has 1 unspecified atom stereocenters. The summed E-state index contributed by atoms with van der Waals surface area (Å²) < 4.78 is 0. The summed E-state index contributed by atoms with van der Waals surface area (Å²) in [6, 6.07) is 0.447. The molecule has 0 aromatic heterocycles. The van der Waals surface area contributed by atoms with E-state index >= 15 is 0 Å². The van der Waals surface area contributed by atoms with Crippen molar-refractivity contribution in [1.29, 1.82) is 0 Å². The fraction of sp³-hybridized carbons (Fsp3) is 1.00. The van der Waals surface area contributed by atoms with E-state index in [2.05, 4.69) is 29.0 Å². The third kappa shape index (κ3) is 4.78. The molecule has 0 bridgehead atoms. The highest BCUT2D eigenvalue weighted by atomic mass is 16.3. The van der Waals surface area contributed by atoms with Gasteiger partial charge in [0.05, 0.1) is 0 Å². The van der Waals surface area contributed by atoms with Crippen molar-refractivity contribution < 1.29 is 5.11 Å². The Kier molecular flexibility index (Phi) is 6.96. The molecule has 96 valence electrons. The van der Waals surface area contributed by atoms with Crippen LogP contribution in [0.1, 0.15) is 20.3 Å². The molecule has 0 spiro atoms. The number of piperazine rings is 1. The zero-order valence-corrected chi connectivity index (χ0v) is 10.8. The van der Waals surface area contributed by atoms with Crippen LogP contribution in [0, 0.1) is 0 Å². The van der Waals surface area contributed by atoms with Gasteiger partial charge in [0.1, 0.15) is 0 Å². The van der Waals surface area contributed by atoms with Crippen molar-refractivity contribution >= 4 is 0 Å². The van der Waals surface area contributed by atoms with Crippen LogP contribution in [-0.4, -0.2) is 73.4 Å². The molecule has 0 aromatic rings. The minimum atomic E-state index is 0.284. The third-order valence-corrected chi connectivity index (χ3v) is 3.36. The standard InChI is InChI=1S/C12H27N3O/c1-3-13-12(5-10-16)11-15-8-6-14(4-2)7-9-15/h12-13,16H,3-11H2,1-2H3. The van der Waals surface area contributed by atoms with Crippen LogP contribution in [0.25, 0.3) is 0 Å². The van der Waals surface area contributed by atoms with Crippen molar-refractivity contribution in [3.8, 4) is 0 Å². The Bertz CT molecular complexity index is 164. The second-order valence-corrected chi connectivity index (χ2v) is 4.50. The summed E-state index contributed by atoms with van der Waals surface area (Å²) in [5, 5.41) is 12.4. The minimum absolute atomic E-state index is 0.284. The Morgan fingerprint density at radius 2 is 1.75 bits per heavy atom. The number of aliphatic hydroxyl groups is 1. The maximum absolute atomic E-state index is 9.01. The predicted octanol–water partition coefficient (Wildman–Crippen LogP) is -0.0156. The van der Waals surface area contributed by atoms with Crippen molar-refractivity contribution in [3.05, 3.63) is 0 Å². The lowest BCUT2D eigenvalue weighted by Gasteiger charge is -2.36. The number of hydrogen-bond donors (Lipinski definition) is 2. The SMILES string of the molecule is CCNC(CCO)CN1CCN(CC)CC1. The van der Waals surface area contributed by atoms with Crippen molar-refractivity contribution in [3.63, 3.8) is 0 Å². The largest absolute Gasteiger partial charge is 0.396 e. The number of aliphatic hydroxyl groups excluding tert-OH is 1. The number of nitrogens with one attached hydrogen (secondary N) is 1. The number of hydrogen-bond acceptors (Lipinski definition) is 4. The topological polar surface area (TPSA) is 38.7 Å². The van der Waals surface area contributed by atoms with E-state index in [1.807, 2.05) is 0 Å². The summed E-state index contributed by atoms with van der Waals surface area (Å²) >= 11 is 0. The van der Waals surface area contributed by atoms with Crippen LogP contribution in [0.5, 0.6) is 0 Å². The van der Waals surface area contributed by atoms with E-state index in [4.69, 9.17) is 5.11 Å². The van der Waals surface area contributed by atoms with Crippen LogP contribution in [0.3, 0.4) is 0 Å². The quantitative estimate of drug-likeness (QED) is 0.644. The van der Waals surface area contributed by atoms with E-state index in [0.29, 0.717) is 6.04 Å². The summed E-state index contributed by atoms with van der Waals surface area (Å²) in [6.07, 6.45) is 0.863. The first-order valence-electron chi connectivity index (χ1n) is 6.59. The molecule has 1 aliphatic heterocycles. The molecule has 2 N–H and O–H groups in total. The fourth-order valence-electron chi connectivity index (χ4n) is 2.30. The number of rotatable bonds is 7. The predicted molar refractivity (Wildman–Crippen MR) is 67.7 cm³/mol. The molecular formula is C12H27N3O. The molecule has 1 heterocycles. The van der Waals surface area contributed by atoms with Gasteiger partial charge in [-0.15, -0.1) is 0 Å². The normalized spacial score (nSPS) is 21.2. The lowest BCUT2D eigenvalue weighted by Crippen LogP contribution is -2.50. The fourth-order valence-corrected chi connectivity index (χ4v) is 2.30. The van der Waals surface area contributed by atoms with Gasteiger partial charge < -0.3 is 15.3 Å². The van der Waals surface area contributed by atoms with Gasteiger partial charge in [0.2, 0.25) is 0 Å². The molecule has 0 aromatic carbocycles. The smallest absolute Gasteiger partial charge is 0.0446 e. The van der Waals surface area contributed by atoms with E-state index in [1.54, 1.807) is 0 Å². The summed E-state index contributed by atoms with van der Waals surface area (Å²) in [7, 11) is 0. The van der Waals surface area contributed by atoms with E-state index in [1.165, 1.54) is 32.7 Å². The lowest BCUT2D eigenvalue weighted by molar-refractivity contribution is 0.122. The second-order valence-electron chi connectivity index (χ2n) is 4.50. The molecule has 0 saturated carbocycles. The lowest BCUT2D eigenvalue weighted by atomic mass is 10.2. The highest BCUT2D eigenvalue weighted by Gasteiger charge is 2.18. The molecule has 1 rings (SSSR count). The highest BCUT2D eigenvalue weighted by molar-refractivity contribution is 4.76. The average molecular weight is 229 g/mol. The maximum Gasteiger partial charge on any atom is 0.0446 e. The summed E-state index contributed by atoms with van der Waals surface area (Å²) in [6.45, 7) is 12.6. The van der Waals surface area contributed by atoms with E-state index in [0.717, 1.165) is 19.5 Å². The van der Waals surface area contributed by atoms with Gasteiger partial charge in [-0.05, 0) is 19.5 Å². The Hall–Kier alpha value is -0.160. The van der Waals surface area contributed by atoms with Gasteiger partial charge >= 0.3 is 0 Å². The zero-order chi connectivity index (χ0) is 11.8. The van der Waals surface area contributed by atoms with Crippen molar-refractivity contribution in [2.24, 2.45) is 0 Å². The van der Waals surface area contributed by atoms with Crippen LogP contribution in [-0.2, 0) is 0 Å². The molecule has 1 atom stereocenters. The van der Waals surface area contributed by atoms with E-state index < -0.39 is 0 Å². The first kappa shape index (κ1) is 13.9. The van der Waals surface area contributed by atoms with Gasteiger partial charge in [0.25, 0.3) is 0 Å². The summed E-state index contributed by atoms with van der Waals surface area (Å²) in [4.78, 5) is 5.00. The zero-order valence-electron chi connectivity index (χ0n) is 10.8. The van der Waals surface area contributed by atoms with Crippen LogP contribution in [0.15, 0.2) is 0 Å². The number of likely N-dealkylation sites (N-methyl/N-ethyl adjacent to an activating group) is 2. The Balaban J connectivity index is 2.24. The minimum Gasteiger partial charge on any atom is -0.396 e. The van der Waals surface area contributed by atoms with Crippen LogP contribution >= 0.6 is 0 Å². The monoisotopic (exact) mass is 229 g/mol. The van der Waals surface area contributed by atoms with E-state index in [9.17, 15) is 0 Å². The first-order chi connectivity index (χ1) is 7.80. The van der Waals surface area contributed by atoms with Crippen molar-refractivity contribution in [2.45, 2.75) is 26.3 Å². The third-order valence-electron chi connectivity index (χ3n) is 3.36. The van der Waals surface area contributed by atoms with Gasteiger partial charge in [0.15, 0.2) is 0 Å². The molecule has 4 heteroatoms. The molecule has 16 heavy (non-hydrogen) atoms. The Labute approximate surface area is 99.6 Å². The summed E-state index contributed by atoms with van der Waals surface area (Å²) in [5.41, 5.74) is 0. The molecule has 0 amide bonds. The van der Waals surface area contributed by atoms with Crippen LogP contribution in [0.4, 0.5) is 0 Å². The average Bonchev–Trinajstić information content (AvgIpc) is 2.31. The second kappa shape index (κ2) is 8.01. The van der Waals surface area contributed by atoms with E-state index in [-0.39, 0.29) is 6.61 Å². The van der Waals surface area contributed by atoms with Crippen molar-refractivity contribution in [1.82, 2.24) is 15.1 Å². The molecule has 1 aliphatic rings. The first-order valence-corrected chi connectivity index (χ1v) is 6.59. The summed E-state index contributed by atoms with van der Waals surface area (Å²) in [5.74, 6) is 0. The van der Waals surface area contributed by atoms with Gasteiger partial charge in [-0.3, -0.25) is 4.90 Å². The molecule has 1 fully saturated rings. The Morgan fingerprint density at radius 3 is 2.25 bits per heavy atom. The highest BCUT2D eigenvalue weighted by Crippen LogP contribution is 2.03. The molecule has 1 saturated heterocycles. The molecule has 0 aliphatic carbocycles. The molecule has 4 nitrogen and oxygen atoms in total. The van der Waals surface area contributed by atoms with Crippen molar-refractivity contribution in [2.75, 3.05) is 52.4 Å². The van der Waals surface area contributed by atoms with Gasteiger partial charge in [-0.1, -0.05) is 13.8 Å². The Morgan fingerprint density at radius 1 is 1.12 bits per heavy atom. The maximum atomic E-state index is 9.01. The van der Waals surface area contributed by atoms with Crippen LogP contribution in [0.2, 0.25) is 0 Å². The van der Waals surface area contributed by atoms with Gasteiger partial charge in [0, 0.05) is 45.4 Å².